The highest BCUT2D eigenvalue weighted by Crippen LogP contribution is 2.55. The lowest BCUT2D eigenvalue weighted by molar-refractivity contribution is -0.142. The Labute approximate surface area is 117 Å². The molecule has 19 heavy (non-hydrogen) atoms. The number of esters is 1. The standard InChI is InChI=1S/C17H28O2/c1-13(2)7-6-9-17(11-12-19-15(5)18)10-8-16(17)14(3)4/h16H,1,3,6-12H2,2,4-5H3/t16-,17+/m1/s1. The topological polar surface area (TPSA) is 26.3 Å². The summed E-state index contributed by atoms with van der Waals surface area (Å²) in [6, 6.07) is 0. The molecule has 1 aliphatic rings. The lowest BCUT2D eigenvalue weighted by atomic mass is 9.54. The Kier molecular flexibility index (Phi) is 5.84. The van der Waals surface area contributed by atoms with Gasteiger partial charge in [-0.3, -0.25) is 4.79 Å². The summed E-state index contributed by atoms with van der Waals surface area (Å²) in [4.78, 5) is 10.9. The zero-order valence-electron chi connectivity index (χ0n) is 12.8. The van der Waals surface area contributed by atoms with Crippen molar-refractivity contribution in [1.29, 1.82) is 0 Å². The van der Waals surface area contributed by atoms with Crippen LogP contribution in [-0.2, 0) is 9.53 Å². The molecule has 108 valence electrons. The summed E-state index contributed by atoms with van der Waals surface area (Å²) in [6.07, 6.45) is 6.92. The van der Waals surface area contributed by atoms with Crippen molar-refractivity contribution >= 4 is 5.97 Å². The molecule has 0 aromatic rings. The highest BCUT2D eigenvalue weighted by Gasteiger charge is 2.45. The molecule has 0 N–H and O–H groups in total. The Bertz CT molecular complexity index is 334. The third-order valence-electron chi connectivity index (χ3n) is 4.45. The Morgan fingerprint density at radius 1 is 1.26 bits per heavy atom. The van der Waals surface area contributed by atoms with Gasteiger partial charge in [0.25, 0.3) is 0 Å². The second kappa shape index (κ2) is 6.93. The van der Waals surface area contributed by atoms with Crippen molar-refractivity contribution in [2.24, 2.45) is 11.3 Å². The molecule has 0 spiro atoms. The molecule has 0 unspecified atom stereocenters. The first kappa shape index (κ1) is 16.0. The number of ether oxygens (including phenoxy) is 1. The highest BCUT2D eigenvalue weighted by molar-refractivity contribution is 5.65. The fraction of sp³-hybridized carbons (Fsp3) is 0.706. The SMILES string of the molecule is C=C(C)CCC[C@@]1(CCOC(C)=O)CC[C@@H]1C(=C)C. The Balaban J connectivity index is 2.55. The van der Waals surface area contributed by atoms with E-state index in [1.54, 1.807) is 0 Å². The molecule has 2 atom stereocenters. The zero-order chi connectivity index (χ0) is 14.5. The minimum atomic E-state index is -0.178. The molecule has 1 rings (SSSR count). The van der Waals surface area contributed by atoms with Crippen LogP contribution in [0.3, 0.4) is 0 Å². The average Bonchev–Trinajstić information content (AvgIpc) is 2.23. The molecule has 0 aromatic heterocycles. The van der Waals surface area contributed by atoms with Gasteiger partial charge in [0.1, 0.15) is 0 Å². The van der Waals surface area contributed by atoms with Gasteiger partial charge in [-0.2, -0.15) is 0 Å². The molecule has 0 bridgehead atoms. The van der Waals surface area contributed by atoms with E-state index in [-0.39, 0.29) is 5.97 Å². The molecule has 0 heterocycles. The van der Waals surface area contributed by atoms with Crippen LogP contribution in [0.5, 0.6) is 0 Å². The maximum atomic E-state index is 10.9. The number of allylic oxidation sites excluding steroid dienone is 2. The van der Waals surface area contributed by atoms with E-state index < -0.39 is 0 Å². The molecule has 2 nitrogen and oxygen atoms in total. The van der Waals surface area contributed by atoms with Gasteiger partial charge in [0.05, 0.1) is 6.61 Å². The fourth-order valence-electron chi connectivity index (χ4n) is 3.33. The van der Waals surface area contributed by atoms with Crippen LogP contribution in [-0.4, -0.2) is 12.6 Å². The van der Waals surface area contributed by atoms with Crippen LogP contribution in [0.1, 0.15) is 59.3 Å². The van der Waals surface area contributed by atoms with Crippen molar-refractivity contribution < 1.29 is 9.53 Å². The summed E-state index contributed by atoms with van der Waals surface area (Å²) in [5.74, 6) is 0.427. The van der Waals surface area contributed by atoms with Crippen molar-refractivity contribution in [3.8, 4) is 0 Å². The van der Waals surface area contributed by atoms with Crippen molar-refractivity contribution in [2.75, 3.05) is 6.61 Å². The predicted octanol–water partition coefficient (Wildman–Crippen LogP) is 4.66. The quantitative estimate of drug-likeness (QED) is 0.471. The van der Waals surface area contributed by atoms with E-state index in [1.165, 1.54) is 43.8 Å². The molecule has 1 fully saturated rings. The smallest absolute Gasteiger partial charge is 0.302 e. The molecule has 0 aromatic carbocycles. The van der Waals surface area contributed by atoms with Crippen LogP contribution >= 0.6 is 0 Å². The lowest BCUT2D eigenvalue weighted by Gasteiger charge is -2.51. The number of carbonyl (C=O) groups is 1. The Morgan fingerprint density at radius 3 is 2.37 bits per heavy atom. The van der Waals surface area contributed by atoms with E-state index in [0.717, 1.165) is 12.8 Å². The third kappa shape index (κ3) is 4.52. The molecule has 1 aliphatic carbocycles. The lowest BCUT2D eigenvalue weighted by Crippen LogP contribution is -2.41. The molecule has 0 aliphatic heterocycles. The average molecular weight is 264 g/mol. The summed E-state index contributed by atoms with van der Waals surface area (Å²) >= 11 is 0. The maximum Gasteiger partial charge on any atom is 0.302 e. The van der Waals surface area contributed by atoms with Crippen LogP contribution < -0.4 is 0 Å². The van der Waals surface area contributed by atoms with Gasteiger partial charge in [-0.25, -0.2) is 0 Å². The summed E-state index contributed by atoms with van der Waals surface area (Å²) in [5, 5.41) is 0. The molecule has 0 radical (unpaired) electrons. The monoisotopic (exact) mass is 264 g/mol. The number of carbonyl (C=O) groups excluding carboxylic acids is 1. The van der Waals surface area contributed by atoms with Crippen molar-refractivity contribution in [3.05, 3.63) is 24.3 Å². The first-order valence-corrected chi connectivity index (χ1v) is 7.30. The van der Waals surface area contributed by atoms with Gasteiger partial charge >= 0.3 is 5.97 Å². The summed E-state index contributed by atoms with van der Waals surface area (Å²) in [7, 11) is 0. The van der Waals surface area contributed by atoms with Crippen molar-refractivity contribution in [1.82, 2.24) is 0 Å². The van der Waals surface area contributed by atoms with Gasteiger partial charge in [-0.1, -0.05) is 17.7 Å². The predicted molar refractivity (Wildman–Crippen MR) is 79.9 cm³/mol. The number of hydrogen-bond acceptors (Lipinski definition) is 2. The van der Waals surface area contributed by atoms with Gasteiger partial charge < -0.3 is 4.74 Å². The van der Waals surface area contributed by atoms with E-state index in [0.29, 0.717) is 17.9 Å². The van der Waals surface area contributed by atoms with Crippen LogP contribution in [0, 0.1) is 11.3 Å². The van der Waals surface area contributed by atoms with E-state index in [9.17, 15) is 4.79 Å². The number of rotatable bonds is 8. The minimum absolute atomic E-state index is 0.178. The second-order valence-corrected chi connectivity index (χ2v) is 6.20. The first-order chi connectivity index (χ1) is 8.87. The van der Waals surface area contributed by atoms with E-state index in [2.05, 4.69) is 27.0 Å². The number of hydrogen-bond donors (Lipinski definition) is 0. The van der Waals surface area contributed by atoms with E-state index >= 15 is 0 Å². The molecular formula is C17H28O2. The summed E-state index contributed by atoms with van der Waals surface area (Å²) in [6.45, 7) is 14.3. The first-order valence-electron chi connectivity index (χ1n) is 7.30. The van der Waals surface area contributed by atoms with Gasteiger partial charge in [0.2, 0.25) is 0 Å². The fourth-order valence-corrected chi connectivity index (χ4v) is 3.33. The zero-order valence-corrected chi connectivity index (χ0v) is 12.8. The third-order valence-corrected chi connectivity index (χ3v) is 4.45. The summed E-state index contributed by atoms with van der Waals surface area (Å²) in [5.41, 5.74) is 2.85. The van der Waals surface area contributed by atoms with Gasteiger partial charge in [0, 0.05) is 6.92 Å². The van der Waals surface area contributed by atoms with Gasteiger partial charge in [0.15, 0.2) is 0 Å². The van der Waals surface area contributed by atoms with Crippen molar-refractivity contribution in [3.63, 3.8) is 0 Å². The van der Waals surface area contributed by atoms with Crippen LogP contribution in [0.2, 0.25) is 0 Å². The van der Waals surface area contributed by atoms with Crippen LogP contribution in [0.25, 0.3) is 0 Å². The Hall–Kier alpha value is -1.05. The molecule has 0 saturated heterocycles. The molecular weight excluding hydrogens is 236 g/mol. The second-order valence-electron chi connectivity index (χ2n) is 6.20. The maximum absolute atomic E-state index is 10.9. The van der Waals surface area contributed by atoms with Crippen molar-refractivity contribution in [2.45, 2.75) is 59.3 Å². The summed E-state index contributed by atoms with van der Waals surface area (Å²) < 4.78 is 5.14. The van der Waals surface area contributed by atoms with E-state index in [1.807, 2.05) is 0 Å². The minimum Gasteiger partial charge on any atom is -0.466 e. The van der Waals surface area contributed by atoms with E-state index in [4.69, 9.17) is 4.74 Å². The largest absolute Gasteiger partial charge is 0.466 e. The highest BCUT2D eigenvalue weighted by atomic mass is 16.5. The molecule has 2 heteroatoms. The van der Waals surface area contributed by atoms with Crippen LogP contribution in [0.4, 0.5) is 0 Å². The van der Waals surface area contributed by atoms with Crippen LogP contribution in [0.15, 0.2) is 24.3 Å². The molecule has 1 saturated carbocycles. The Morgan fingerprint density at radius 2 is 1.95 bits per heavy atom. The van der Waals surface area contributed by atoms with Gasteiger partial charge in [-0.05, 0) is 63.7 Å². The normalized spacial score (nSPS) is 25.5. The van der Waals surface area contributed by atoms with Gasteiger partial charge in [-0.15, -0.1) is 6.58 Å². The molecule has 0 amide bonds.